The molecule has 0 unspecified atom stereocenters. The summed E-state index contributed by atoms with van der Waals surface area (Å²) in [7, 11) is 1.76. The highest BCUT2D eigenvalue weighted by Crippen LogP contribution is 2.03. The molecule has 0 bridgehead atoms. The van der Waals surface area contributed by atoms with Gasteiger partial charge in [-0.3, -0.25) is 4.79 Å². The number of aromatic nitrogens is 2. The van der Waals surface area contributed by atoms with Gasteiger partial charge in [-0.05, 0) is 12.2 Å². The molecular formula is C5H6N2O2S. The summed E-state index contributed by atoms with van der Waals surface area (Å²) in [5.41, 5.74) is 0. The molecule has 0 spiro atoms. The zero-order valence-corrected chi connectivity index (χ0v) is 6.14. The average molecular weight is 158 g/mol. The molecule has 0 aliphatic rings. The molecule has 0 aromatic carbocycles. The van der Waals surface area contributed by atoms with Crippen LogP contribution in [0.25, 0.3) is 0 Å². The third-order valence-electron chi connectivity index (χ3n) is 1.04. The maximum atomic E-state index is 9.81. The van der Waals surface area contributed by atoms with Crippen LogP contribution >= 0.6 is 12.2 Å². The summed E-state index contributed by atoms with van der Waals surface area (Å²) in [5, 5.41) is 0. The van der Waals surface area contributed by atoms with Crippen LogP contribution in [0.15, 0.2) is 6.20 Å². The van der Waals surface area contributed by atoms with Crippen molar-refractivity contribution in [2.45, 2.75) is 0 Å². The van der Waals surface area contributed by atoms with Gasteiger partial charge in [0.1, 0.15) is 0 Å². The first-order valence-electron chi connectivity index (χ1n) is 2.60. The molecule has 0 aliphatic heterocycles. The van der Waals surface area contributed by atoms with Crippen LogP contribution in [0, 0.1) is 4.77 Å². The minimum atomic E-state index is 0.348. The molecule has 0 aliphatic carbocycles. The molecular weight excluding hydrogens is 152 g/mol. The molecule has 10 heavy (non-hydrogen) atoms. The Morgan fingerprint density at radius 1 is 1.90 bits per heavy atom. The molecule has 0 fully saturated rings. The van der Waals surface area contributed by atoms with E-state index in [1.54, 1.807) is 17.8 Å². The van der Waals surface area contributed by atoms with Gasteiger partial charge in [-0.1, -0.05) is 0 Å². The van der Waals surface area contributed by atoms with E-state index in [-0.39, 0.29) is 0 Å². The van der Waals surface area contributed by atoms with Crippen molar-refractivity contribution in [3.05, 3.63) is 11.0 Å². The number of nitrogens with one attached hydrogen (secondary N) is 1. The van der Waals surface area contributed by atoms with Crippen molar-refractivity contribution in [2.24, 2.45) is 7.05 Å². The Balaban J connectivity index is 2.98. The van der Waals surface area contributed by atoms with Crippen LogP contribution in [0.2, 0.25) is 0 Å². The smallest absolute Gasteiger partial charge is 0.299 e. The van der Waals surface area contributed by atoms with Crippen molar-refractivity contribution < 1.29 is 9.53 Å². The first kappa shape index (κ1) is 7.01. The lowest BCUT2D eigenvalue weighted by Gasteiger charge is -1.85. The van der Waals surface area contributed by atoms with Crippen molar-refractivity contribution >= 4 is 18.7 Å². The minimum Gasteiger partial charge on any atom is -0.410 e. The normalized spacial score (nSPS) is 9.30. The van der Waals surface area contributed by atoms with Crippen molar-refractivity contribution in [3.8, 4) is 5.88 Å². The summed E-state index contributed by atoms with van der Waals surface area (Å²) in [5.74, 6) is 0.363. The molecule has 4 nitrogen and oxygen atoms in total. The van der Waals surface area contributed by atoms with Gasteiger partial charge in [0.05, 0.1) is 6.20 Å². The minimum absolute atomic E-state index is 0.348. The van der Waals surface area contributed by atoms with E-state index in [1.807, 2.05) is 0 Å². The predicted octanol–water partition coefficient (Wildman–Crippen LogP) is 0.618. The lowest BCUT2D eigenvalue weighted by molar-refractivity contribution is -0.120. The molecule has 54 valence electrons. The van der Waals surface area contributed by atoms with Gasteiger partial charge < -0.3 is 14.3 Å². The topological polar surface area (TPSA) is 47.0 Å². The lowest BCUT2D eigenvalue weighted by atomic mass is 10.8. The van der Waals surface area contributed by atoms with Crippen LogP contribution in [0.3, 0.4) is 0 Å². The van der Waals surface area contributed by atoms with E-state index in [9.17, 15) is 4.79 Å². The molecule has 0 radical (unpaired) electrons. The summed E-state index contributed by atoms with van der Waals surface area (Å²) in [4.78, 5) is 12.5. The van der Waals surface area contributed by atoms with E-state index in [2.05, 4.69) is 9.72 Å². The summed E-state index contributed by atoms with van der Waals surface area (Å²) < 4.78 is 6.66. The van der Waals surface area contributed by atoms with Gasteiger partial charge in [-0.2, -0.15) is 0 Å². The van der Waals surface area contributed by atoms with Crippen LogP contribution in [0.1, 0.15) is 0 Å². The van der Waals surface area contributed by atoms with Crippen LogP contribution in [0.4, 0.5) is 0 Å². The van der Waals surface area contributed by atoms with Crippen molar-refractivity contribution in [1.29, 1.82) is 0 Å². The van der Waals surface area contributed by atoms with Crippen LogP contribution < -0.4 is 4.74 Å². The Morgan fingerprint density at radius 3 is 3.00 bits per heavy atom. The molecule has 0 atom stereocenters. The number of ether oxygens (including phenoxy) is 1. The number of nitrogens with zero attached hydrogens (tertiary/aromatic N) is 1. The van der Waals surface area contributed by atoms with Gasteiger partial charge in [-0.15, -0.1) is 0 Å². The number of carbonyl (C=O) groups excluding carboxylic acids is 1. The SMILES string of the molecule is Cn1cc(OC=O)[nH]c1=S. The number of rotatable bonds is 2. The first-order chi connectivity index (χ1) is 4.74. The molecule has 1 aromatic rings. The van der Waals surface area contributed by atoms with Crippen molar-refractivity contribution in [2.75, 3.05) is 0 Å². The highest BCUT2D eigenvalue weighted by molar-refractivity contribution is 7.71. The zero-order chi connectivity index (χ0) is 7.56. The van der Waals surface area contributed by atoms with Crippen LogP contribution in [-0.4, -0.2) is 16.0 Å². The van der Waals surface area contributed by atoms with E-state index >= 15 is 0 Å². The predicted molar refractivity (Wildman–Crippen MR) is 37.3 cm³/mol. The Morgan fingerprint density at radius 2 is 2.60 bits per heavy atom. The summed E-state index contributed by atoms with van der Waals surface area (Å²) >= 11 is 4.80. The Labute approximate surface area is 62.4 Å². The number of carbonyl (C=O) groups is 1. The first-order valence-corrected chi connectivity index (χ1v) is 3.01. The summed E-state index contributed by atoms with van der Waals surface area (Å²) in [6, 6.07) is 0. The third-order valence-corrected chi connectivity index (χ3v) is 1.43. The molecule has 5 heteroatoms. The molecule has 1 N–H and O–H groups in total. The quantitative estimate of drug-likeness (QED) is 0.507. The van der Waals surface area contributed by atoms with Gasteiger partial charge in [0.15, 0.2) is 4.77 Å². The van der Waals surface area contributed by atoms with Crippen molar-refractivity contribution in [1.82, 2.24) is 9.55 Å². The van der Waals surface area contributed by atoms with Gasteiger partial charge in [0.25, 0.3) is 6.47 Å². The summed E-state index contributed by atoms with van der Waals surface area (Å²) in [6.45, 7) is 0.348. The number of aromatic amines is 1. The van der Waals surface area contributed by atoms with Gasteiger partial charge in [-0.25, -0.2) is 0 Å². The molecule has 0 amide bonds. The highest BCUT2D eigenvalue weighted by atomic mass is 32.1. The van der Waals surface area contributed by atoms with E-state index in [1.165, 1.54) is 0 Å². The van der Waals surface area contributed by atoms with Gasteiger partial charge in [0.2, 0.25) is 5.88 Å². The Hall–Kier alpha value is -1.10. The highest BCUT2D eigenvalue weighted by Gasteiger charge is 1.94. The van der Waals surface area contributed by atoms with E-state index in [0.717, 1.165) is 0 Å². The molecule has 0 saturated carbocycles. The molecule has 1 rings (SSSR count). The standard InChI is InChI=1S/C5H6N2O2S/c1-7-2-4(9-3-8)6-5(7)10/h2-3H,1H3,(H,6,10). The number of aryl methyl sites for hydroxylation is 1. The maximum Gasteiger partial charge on any atom is 0.299 e. The van der Waals surface area contributed by atoms with Crippen molar-refractivity contribution in [3.63, 3.8) is 0 Å². The average Bonchev–Trinajstić information content (AvgIpc) is 2.14. The van der Waals surface area contributed by atoms with Crippen LogP contribution in [0.5, 0.6) is 5.88 Å². The summed E-state index contributed by atoms with van der Waals surface area (Å²) in [6.07, 6.45) is 1.59. The fourth-order valence-electron chi connectivity index (χ4n) is 0.572. The van der Waals surface area contributed by atoms with Crippen LogP contribution in [-0.2, 0) is 11.8 Å². The maximum absolute atomic E-state index is 9.81. The molecule has 0 saturated heterocycles. The monoisotopic (exact) mass is 158 g/mol. The molecule has 1 heterocycles. The van der Waals surface area contributed by atoms with E-state index < -0.39 is 0 Å². The second kappa shape index (κ2) is 2.66. The van der Waals surface area contributed by atoms with Gasteiger partial charge >= 0.3 is 0 Å². The number of hydrogen-bond donors (Lipinski definition) is 1. The fourth-order valence-corrected chi connectivity index (χ4v) is 0.725. The Bertz CT molecular complexity index is 288. The third kappa shape index (κ3) is 1.24. The van der Waals surface area contributed by atoms with E-state index in [0.29, 0.717) is 17.1 Å². The number of hydrogen-bond acceptors (Lipinski definition) is 3. The van der Waals surface area contributed by atoms with Gasteiger partial charge in [0, 0.05) is 7.05 Å². The number of imidazole rings is 1. The fraction of sp³-hybridized carbons (Fsp3) is 0.200. The second-order valence-electron chi connectivity index (χ2n) is 1.75. The lowest BCUT2D eigenvalue weighted by Crippen LogP contribution is -1.87. The Kier molecular flexibility index (Phi) is 1.86. The second-order valence-corrected chi connectivity index (χ2v) is 2.14. The molecule has 1 aromatic heterocycles. The zero-order valence-electron chi connectivity index (χ0n) is 5.33. The van der Waals surface area contributed by atoms with E-state index in [4.69, 9.17) is 12.2 Å². The number of H-pyrrole nitrogens is 1. The largest absolute Gasteiger partial charge is 0.410 e.